The van der Waals surface area contributed by atoms with Crippen molar-refractivity contribution in [1.82, 2.24) is 10.3 Å². The Morgan fingerprint density at radius 3 is 2.48 bits per heavy atom. The number of benzene rings is 1. The molecule has 1 amide bonds. The van der Waals surface area contributed by atoms with Crippen molar-refractivity contribution < 1.29 is 9.53 Å². The maximum absolute atomic E-state index is 12.2. The summed E-state index contributed by atoms with van der Waals surface area (Å²) < 4.78 is 5.18. The van der Waals surface area contributed by atoms with E-state index in [0.29, 0.717) is 11.3 Å². The lowest BCUT2D eigenvalue weighted by Crippen LogP contribution is -2.26. The number of rotatable bonds is 5. The number of carbonyl (C=O) groups is 1. The molecule has 1 aromatic carbocycles. The van der Waals surface area contributed by atoms with Crippen LogP contribution in [-0.4, -0.2) is 17.5 Å². The zero-order valence-corrected chi connectivity index (χ0v) is 13.7. The molecular weight excluding hydrogens is 337 g/mol. The van der Waals surface area contributed by atoms with E-state index in [2.05, 4.69) is 10.3 Å². The standard InChI is InChI=1S/C16H13Cl2N3O2/c1-10(11-2-4-13(5-3-11)23-7-6-19)20-16(22)12-8-14(17)21-15(18)9-12/h2-5,8-10H,7H2,1H3,(H,20,22). The molecule has 0 saturated heterocycles. The Bertz CT molecular complexity index is 722. The minimum Gasteiger partial charge on any atom is -0.479 e. The van der Waals surface area contributed by atoms with Gasteiger partial charge in [-0.1, -0.05) is 35.3 Å². The molecular formula is C16H13Cl2N3O2. The summed E-state index contributed by atoms with van der Waals surface area (Å²) in [4.78, 5) is 16.0. The third kappa shape index (κ3) is 4.85. The predicted octanol–water partition coefficient (Wildman–Crippen LogP) is 3.78. The number of hydrogen-bond acceptors (Lipinski definition) is 4. The average Bonchev–Trinajstić information content (AvgIpc) is 2.52. The lowest BCUT2D eigenvalue weighted by Gasteiger charge is -2.15. The number of halogens is 2. The lowest BCUT2D eigenvalue weighted by molar-refractivity contribution is 0.0940. The molecule has 5 nitrogen and oxygen atoms in total. The van der Waals surface area contributed by atoms with E-state index in [-0.39, 0.29) is 28.9 Å². The zero-order valence-electron chi connectivity index (χ0n) is 12.2. The van der Waals surface area contributed by atoms with Crippen molar-refractivity contribution >= 4 is 29.1 Å². The van der Waals surface area contributed by atoms with Crippen molar-refractivity contribution in [2.24, 2.45) is 0 Å². The Labute approximate surface area is 143 Å². The van der Waals surface area contributed by atoms with Gasteiger partial charge in [0.05, 0.1) is 6.04 Å². The van der Waals surface area contributed by atoms with E-state index in [4.69, 9.17) is 33.2 Å². The van der Waals surface area contributed by atoms with Gasteiger partial charge in [-0.05, 0) is 36.8 Å². The van der Waals surface area contributed by atoms with Crippen LogP contribution in [0.1, 0.15) is 28.9 Å². The van der Waals surface area contributed by atoms with Gasteiger partial charge in [-0.2, -0.15) is 5.26 Å². The first kappa shape index (κ1) is 17.1. The van der Waals surface area contributed by atoms with Crippen LogP contribution in [0.2, 0.25) is 10.3 Å². The minimum absolute atomic E-state index is 0.00476. The number of ether oxygens (including phenoxy) is 1. The number of hydrogen-bond donors (Lipinski definition) is 1. The van der Waals surface area contributed by atoms with Gasteiger partial charge in [-0.25, -0.2) is 4.98 Å². The van der Waals surface area contributed by atoms with Gasteiger partial charge in [0.2, 0.25) is 0 Å². The Hall–Kier alpha value is -2.29. The van der Waals surface area contributed by atoms with Gasteiger partial charge < -0.3 is 10.1 Å². The number of pyridine rings is 1. The molecule has 1 aromatic heterocycles. The molecule has 1 unspecified atom stereocenters. The molecule has 0 spiro atoms. The fourth-order valence-corrected chi connectivity index (χ4v) is 2.39. The summed E-state index contributed by atoms with van der Waals surface area (Å²) in [6.07, 6.45) is 0. The van der Waals surface area contributed by atoms with Gasteiger partial charge in [0.25, 0.3) is 5.91 Å². The molecule has 0 aliphatic rings. The molecule has 1 N–H and O–H groups in total. The van der Waals surface area contributed by atoms with Crippen LogP contribution in [0, 0.1) is 11.3 Å². The van der Waals surface area contributed by atoms with Crippen LogP contribution < -0.4 is 10.1 Å². The Balaban J connectivity index is 2.04. The molecule has 0 aliphatic carbocycles. The van der Waals surface area contributed by atoms with E-state index < -0.39 is 0 Å². The number of aromatic nitrogens is 1. The maximum atomic E-state index is 12.2. The fraction of sp³-hybridized carbons (Fsp3) is 0.188. The van der Waals surface area contributed by atoms with Crippen molar-refractivity contribution in [3.05, 3.63) is 57.8 Å². The van der Waals surface area contributed by atoms with Crippen LogP contribution >= 0.6 is 23.2 Å². The molecule has 0 radical (unpaired) electrons. The largest absolute Gasteiger partial charge is 0.479 e. The highest BCUT2D eigenvalue weighted by atomic mass is 35.5. The van der Waals surface area contributed by atoms with E-state index in [1.54, 1.807) is 12.1 Å². The van der Waals surface area contributed by atoms with Crippen LogP contribution in [0.5, 0.6) is 5.75 Å². The second-order valence-corrected chi connectivity index (χ2v) is 5.49. The molecule has 118 valence electrons. The van der Waals surface area contributed by atoms with Gasteiger partial charge in [-0.15, -0.1) is 0 Å². The van der Waals surface area contributed by atoms with Crippen LogP contribution in [0.4, 0.5) is 0 Å². The average molecular weight is 350 g/mol. The molecule has 2 aromatic rings. The third-order valence-electron chi connectivity index (χ3n) is 3.06. The predicted molar refractivity (Wildman–Crippen MR) is 87.7 cm³/mol. The molecule has 1 atom stereocenters. The van der Waals surface area contributed by atoms with E-state index in [0.717, 1.165) is 5.56 Å². The first-order valence-corrected chi connectivity index (χ1v) is 7.49. The summed E-state index contributed by atoms with van der Waals surface area (Å²) in [5.74, 6) is 0.301. The highest BCUT2D eigenvalue weighted by molar-refractivity contribution is 6.33. The highest BCUT2D eigenvalue weighted by Gasteiger charge is 2.13. The summed E-state index contributed by atoms with van der Waals surface area (Å²) in [5.41, 5.74) is 1.24. The Morgan fingerprint density at radius 1 is 1.30 bits per heavy atom. The van der Waals surface area contributed by atoms with Gasteiger partial charge in [0, 0.05) is 5.56 Å². The molecule has 1 heterocycles. The third-order valence-corrected chi connectivity index (χ3v) is 3.44. The fourth-order valence-electron chi connectivity index (χ4n) is 1.93. The summed E-state index contributed by atoms with van der Waals surface area (Å²) in [6.45, 7) is 1.85. The number of carbonyl (C=O) groups excluding carboxylic acids is 1. The highest BCUT2D eigenvalue weighted by Crippen LogP contribution is 2.19. The molecule has 0 bridgehead atoms. The summed E-state index contributed by atoms with van der Waals surface area (Å²) >= 11 is 11.6. The van der Waals surface area contributed by atoms with Crippen LogP contribution in [0.15, 0.2) is 36.4 Å². The van der Waals surface area contributed by atoms with Crippen molar-refractivity contribution in [3.8, 4) is 11.8 Å². The van der Waals surface area contributed by atoms with Gasteiger partial charge in [0.15, 0.2) is 6.61 Å². The number of nitrogens with one attached hydrogen (secondary N) is 1. The first-order valence-electron chi connectivity index (χ1n) is 6.73. The van der Waals surface area contributed by atoms with Gasteiger partial charge >= 0.3 is 0 Å². The molecule has 2 rings (SSSR count). The normalized spacial score (nSPS) is 11.4. The van der Waals surface area contributed by atoms with Crippen molar-refractivity contribution in [1.29, 1.82) is 5.26 Å². The van der Waals surface area contributed by atoms with E-state index in [9.17, 15) is 4.79 Å². The van der Waals surface area contributed by atoms with E-state index in [1.165, 1.54) is 12.1 Å². The van der Waals surface area contributed by atoms with Crippen molar-refractivity contribution in [3.63, 3.8) is 0 Å². The Morgan fingerprint density at radius 2 is 1.91 bits per heavy atom. The quantitative estimate of drug-likeness (QED) is 0.833. The number of nitriles is 1. The summed E-state index contributed by atoms with van der Waals surface area (Å²) in [6, 6.07) is 11.7. The minimum atomic E-state index is -0.298. The number of amides is 1. The van der Waals surface area contributed by atoms with Crippen LogP contribution in [-0.2, 0) is 0 Å². The SMILES string of the molecule is CC(NC(=O)c1cc(Cl)nc(Cl)c1)c1ccc(OCC#N)cc1. The first-order chi connectivity index (χ1) is 11.0. The maximum Gasteiger partial charge on any atom is 0.251 e. The Kier molecular flexibility index (Phi) is 5.80. The molecule has 0 aliphatic heterocycles. The molecule has 0 saturated carbocycles. The second-order valence-electron chi connectivity index (χ2n) is 4.71. The lowest BCUT2D eigenvalue weighted by atomic mass is 10.1. The molecule has 23 heavy (non-hydrogen) atoms. The molecule has 7 heteroatoms. The van der Waals surface area contributed by atoms with E-state index in [1.807, 2.05) is 25.1 Å². The van der Waals surface area contributed by atoms with Gasteiger partial charge in [-0.3, -0.25) is 4.79 Å². The van der Waals surface area contributed by atoms with Crippen LogP contribution in [0.25, 0.3) is 0 Å². The number of nitrogens with zero attached hydrogens (tertiary/aromatic N) is 2. The molecule has 0 fully saturated rings. The monoisotopic (exact) mass is 349 g/mol. The summed E-state index contributed by atoms with van der Waals surface area (Å²) in [5, 5.41) is 11.6. The summed E-state index contributed by atoms with van der Waals surface area (Å²) in [7, 11) is 0. The second kappa shape index (κ2) is 7.82. The van der Waals surface area contributed by atoms with E-state index >= 15 is 0 Å². The van der Waals surface area contributed by atoms with Crippen molar-refractivity contribution in [2.45, 2.75) is 13.0 Å². The van der Waals surface area contributed by atoms with Crippen LogP contribution in [0.3, 0.4) is 0 Å². The topological polar surface area (TPSA) is 75.0 Å². The smallest absolute Gasteiger partial charge is 0.251 e. The zero-order chi connectivity index (χ0) is 16.8. The van der Waals surface area contributed by atoms with Gasteiger partial charge in [0.1, 0.15) is 22.1 Å². The van der Waals surface area contributed by atoms with Crippen molar-refractivity contribution in [2.75, 3.05) is 6.61 Å².